The maximum atomic E-state index is 13.2. The summed E-state index contributed by atoms with van der Waals surface area (Å²) in [5, 5.41) is 6.41. The molecule has 4 aromatic carbocycles. The molecular formula is C30H20N2O4S. The molecule has 0 atom stereocenters. The number of nitrogens with one attached hydrogen (secondary N) is 2. The monoisotopic (exact) mass is 504 g/mol. The summed E-state index contributed by atoms with van der Waals surface area (Å²) in [4.78, 5) is 24.7. The number of rotatable bonds is 6. The molecule has 0 saturated carbocycles. The number of carbonyl (C=O) groups excluding carboxylic acids is 2. The summed E-state index contributed by atoms with van der Waals surface area (Å²) >= 11 is 0. The van der Waals surface area contributed by atoms with Crippen LogP contribution in [-0.4, -0.2) is 20.0 Å². The summed E-state index contributed by atoms with van der Waals surface area (Å²) in [7, 11) is -3.73. The van der Waals surface area contributed by atoms with Crippen molar-refractivity contribution in [1.29, 1.82) is 0 Å². The zero-order valence-electron chi connectivity index (χ0n) is 19.4. The molecule has 0 spiro atoms. The molecule has 37 heavy (non-hydrogen) atoms. The number of hydrogen-bond acceptors (Lipinski definition) is 6. The molecule has 0 unspecified atom stereocenters. The van der Waals surface area contributed by atoms with Crippen molar-refractivity contribution in [2.45, 2.75) is 9.79 Å². The second-order valence-electron chi connectivity index (χ2n) is 8.74. The number of hydrogen-bond donors (Lipinski definition) is 2. The van der Waals surface area contributed by atoms with E-state index in [0.717, 1.165) is 11.1 Å². The fraction of sp³-hybridized carbons (Fsp3) is 0. The number of fused-ring (bicyclic) bond motifs is 2. The minimum Gasteiger partial charge on any atom is -0.355 e. The molecule has 2 aliphatic carbocycles. The number of allylic oxidation sites excluding steroid dienone is 2. The standard InChI is InChI=1S/C30H20N2O4S/c33-29-17-27(23-5-1-3-7-25(23)29)31-19-9-13-21(14-10-19)37(35,36)22-15-11-20(12-16-22)32-28-18-30(34)26-8-4-2-6-24(26)28/h1-18,31-32H. The van der Waals surface area contributed by atoms with E-state index in [1.165, 1.54) is 0 Å². The third kappa shape index (κ3) is 4.05. The Morgan fingerprint density at radius 3 is 1.19 bits per heavy atom. The summed E-state index contributed by atoms with van der Waals surface area (Å²) in [5.41, 5.74) is 5.63. The lowest BCUT2D eigenvalue weighted by molar-refractivity contribution is 0.104. The molecule has 0 heterocycles. The van der Waals surface area contributed by atoms with Crippen LogP contribution < -0.4 is 10.6 Å². The SMILES string of the molecule is O=C1C=C(Nc2ccc(S(=O)(=O)c3ccc(NC4=CC(=O)c5ccccc54)cc3)cc2)c2ccccc21. The third-order valence-corrected chi connectivity index (χ3v) is 8.19. The topological polar surface area (TPSA) is 92.3 Å². The van der Waals surface area contributed by atoms with E-state index in [0.29, 0.717) is 33.9 Å². The molecule has 0 aliphatic heterocycles. The van der Waals surface area contributed by atoms with Gasteiger partial charge in [-0.1, -0.05) is 48.5 Å². The molecular weight excluding hydrogens is 484 g/mol. The number of ketones is 2. The van der Waals surface area contributed by atoms with E-state index in [4.69, 9.17) is 0 Å². The van der Waals surface area contributed by atoms with Gasteiger partial charge in [0.1, 0.15) is 0 Å². The van der Waals surface area contributed by atoms with Gasteiger partial charge in [-0.2, -0.15) is 0 Å². The molecule has 2 aliphatic rings. The second kappa shape index (κ2) is 8.72. The van der Waals surface area contributed by atoms with Gasteiger partial charge in [-0.25, -0.2) is 8.42 Å². The van der Waals surface area contributed by atoms with Crippen molar-refractivity contribution in [3.05, 3.63) is 131 Å². The van der Waals surface area contributed by atoms with Crippen molar-refractivity contribution in [3.63, 3.8) is 0 Å². The average molecular weight is 505 g/mol. The fourth-order valence-electron chi connectivity index (χ4n) is 4.53. The first-order valence-electron chi connectivity index (χ1n) is 11.6. The van der Waals surface area contributed by atoms with Crippen LogP contribution in [0.3, 0.4) is 0 Å². The average Bonchev–Trinajstić information content (AvgIpc) is 3.41. The highest BCUT2D eigenvalue weighted by molar-refractivity contribution is 7.91. The van der Waals surface area contributed by atoms with Crippen molar-refractivity contribution in [2.75, 3.05) is 10.6 Å². The highest BCUT2D eigenvalue weighted by Crippen LogP contribution is 2.31. The molecule has 0 aromatic heterocycles. The van der Waals surface area contributed by atoms with E-state index in [2.05, 4.69) is 10.6 Å². The normalized spacial score (nSPS) is 14.1. The molecule has 6 rings (SSSR count). The van der Waals surface area contributed by atoms with Gasteiger partial charge in [-0.15, -0.1) is 0 Å². The van der Waals surface area contributed by atoms with Gasteiger partial charge in [0.15, 0.2) is 11.6 Å². The Balaban J connectivity index is 1.18. The molecule has 0 radical (unpaired) electrons. The van der Waals surface area contributed by atoms with Gasteiger partial charge in [0.05, 0.1) is 21.2 Å². The smallest absolute Gasteiger partial charge is 0.206 e. The molecule has 0 amide bonds. The molecule has 0 bridgehead atoms. The van der Waals surface area contributed by atoms with Gasteiger partial charge in [0.25, 0.3) is 0 Å². The highest BCUT2D eigenvalue weighted by atomic mass is 32.2. The van der Waals surface area contributed by atoms with Crippen LogP contribution in [0.4, 0.5) is 11.4 Å². The van der Waals surface area contributed by atoms with E-state index in [9.17, 15) is 18.0 Å². The van der Waals surface area contributed by atoms with Gasteiger partial charge in [-0.05, 0) is 48.5 Å². The largest absolute Gasteiger partial charge is 0.355 e. The van der Waals surface area contributed by atoms with Gasteiger partial charge in [-0.3, -0.25) is 9.59 Å². The Morgan fingerprint density at radius 1 is 0.459 bits per heavy atom. The first-order valence-corrected chi connectivity index (χ1v) is 13.1. The molecule has 4 aromatic rings. The lowest BCUT2D eigenvalue weighted by Crippen LogP contribution is -2.03. The third-order valence-electron chi connectivity index (χ3n) is 6.40. The molecule has 2 N–H and O–H groups in total. The van der Waals surface area contributed by atoms with Crippen LogP contribution in [0, 0.1) is 0 Å². The van der Waals surface area contributed by atoms with Crippen molar-refractivity contribution in [3.8, 4) is 0 Å². The predicted molar refractivity (Wildman–Crippen MR) is 143 cm³/mol. The van der Waals surface area contributed by atoms with E-state index in [1.54, 1.807) is 72.8 Å². The van der Waals surface area contributed by atoms with Crippen LogP contribution in [0.2, 0.25) is 0 Å². The summed E-state index contributed by atoms with van der Waals surface area (Å²) in [5.74, 6) is -0.120. The predicted octanol–water partition coefficient (Wildman–Crippen LogP) is 5.82. The number of anilines is 2. The van der Waals surface area contributed by atoms with Crippen molar-refractivity contribution in [1.82, 2.24) is 0 Å². The lowest BCUT2D eigenvalue weighted by atomic mass is 10.1. The van der Waals surface area contributed by atoms with E-state index < -0.39 is 9.84 Å². The Kier molecular flexibility index (Phi) is 5.35. The molecule has 0 fully saturated rings. The zero-order valence-corrected chi connectivity index (χ0v) is 20.3. The summed E-state index contributed by atoms with van der Waals surface area (Å²) < 4.78 is 26.4. The summed E-state index contributed by atoms with van der Waals surface area (Å²) in [6.45, 7) is 0. The Bertz CT molecular complexity index is 1630. The zero-order chi connectivity index (χ0) is 25.6. The number of benzene rings is 4. The minimum absolute atomic E-state index is 0.0599. The Hall–Kier alpha value is -4.75. The highest BCUT2D eigenvalue weighted by Gasteiger charge is 2.23. The fourth-order valence-corrected chi connectivity index (χ4v) is 5.79. The first-order chi connectivity index (χ1) is 17.9. The molecule has 0 saturated heterocycles. The number of sulfone groups is 1. The lowest BCUT2D eigenvalue weighted by Gasteiger charge is -2.11. The summed E-state index contributed by atoms with van der Waals surface area (Å²) in [6.07, 6.45) is 3.09. The van der Waals surface area contributed by atoms with Crippen LogP contribution in [-0.2, 0) is 9.84 Å². The van der Waals surface area contributed by atoms with E-state index >= 15 is 0 Å². The number of carbonyl (C=O) groups is 2. The van der Waals surface area contributed by atoms with Gasteiger partial charge in [0, 0.05) is 45.8 Å². The van der Waals surface area contributed by atoms with Gasteiger partial charge in [0.2, 0.25) is 9.84 Å². The first kappa shape index (κ1) is 22.7. The van der Waals surface area contributed by atoms with Crippen LogP contribution in [0.5, 0.6) is 0 Å². The quantitative estimate of drug-likeness (QED) is 0.344. The molecule has 180 valence electrons. The van der Waals surface area contributed by atoms with Gasteiger partial charge < -0.3 is 10.6 Å². The minimum atomic E-state index is -3.73. The Labute approximate surface area is 213 Å². The second-order valence-corrected chi connectivity index (χ2v) is 10.7. The van der Waals surface area contributed by atoms with Gasteiger partial charge >= 0.3 is 0 Å². The Morgan fingerprint density at radius 2 is 0.811 bits per heavy atom. The molecule has 7 heteroatoms. The van der Waals surface area contributed by atoms with E-state index in [-0.39, 0.29) is 21.4 Å². The van der Waals surface area contributed by atoms with Crippen LogP contribution in [0.1, 0.15) is 31.8 Å². The van der Waals surface area contributed by atoms with E-state index in [1.807, 2.05) is 36.4 Å². The van der Waals surface area contributed by atoms with Crippen molar-refractivity contribution < 1.29 is 18.0 Å². The summed E-state index contributed by atoms with van der Waals surface area (Å²) in [6, 6.07) is 27.5. The maximum Gasteiger partial charge on any atom is 0.206 e. The molecule has 6 nitrogen and oxygen atoms in total. The van der Waals surface area contributed by atoms with Crippen molar-refractivity contribution in [2.24, 2.45) is 0 Å². The van der Waals surface area contributed by atoms with Crippen molar-refractivity contribution >= 4 is 44.2 Å². The maximum absolute atomic E-state index is 13.2. The van der Waals surface area contributed by atoms with Crippen LogP contribution in [0.25, 0.3) is 11.4 Å². The van der Waals surface area contributed by atoms with Crippen LogP contribution >= 0.6 is 0 Å². The van der Waals surface area contributed by atoms with Crippen LogP contribution in [0.15, 0.2) is 119 Å².